The van der Waals surface area contributed by atoms with Crippen LogP contribution >= 0.6 is 11.3 Å². The Labute approximate surface area is 181 Å². The number of ether oxygens (including phenoxy) is 4. The van der Waals surface area contributed by atoms with Crippen molar-refractivity contribution >= 4 is 27.3 Å². The molecule has 0 aliphatic rings. The van der Waals surface area contributed by atoms with Gasteiger partial charge < -0.3 is 23.4 Å². The van der Waals surface area contributed by atoms with Crippen LogP contribution in [0.3, 0.4) is 0 Å². The molecular formula is C22H19N3O5S. The van der Waals surface area contributed by atoms with Gasteiger partial charge in [0.2, 0.25) is 4.96 Å². The van der Waals surface area contributed by atoms with Gasteiger partial charge in [0.1, 0.15) is 35.1 Å². The molecule has 0 aliphatic carbocycles. The lowest BCUT2D eigenvalue weighted by atomic mass is 10.2. The molecule has 158 valence electrons. The molecule has 0 atom stereocenters. The van der Waals surface area contributed by atoms with Crippen molar-refractivity contribution in [2.45, 2.75) is 6.61 Å². The Morgan fingerprint density at radius 3 is 2.48 bits per heavy atom. The maximum atomic E-state index is 6.11. The number of methoxy groups -OCH3 is 3. The molecule has 0 N–H and O–H groups in total. The van der Waals surface area contributed by atoms with Gasteiger partial charge >= 0.3 is 0 Å². The highest BCUT2D eigenvalue weighted by atomic mass is 32.1. The predicted octanol–water partition coefficient (Wildman–Crippen LogP) is 4.81. The molecule has 0 unspecified atom stereocenters. The van der Waals surface area contributed by atoms with Gasteiger partial charge in [-0.25, -0.2) is 9.50 Å². The maximum absolute atomic E-state index is 6.11. The van der Waals surface area contributed by atoms with Crippen molar-refractivity contribution in [3.63, 3.8) is 0 Å². The molecule has 0 amide bonds. The zero-order chi connectivity index (χ0) is 21.4. The van der Waals surface area contributed by atoms with E-state index in [1.807, 2.05) is 42.5 Å². The Balaban J connectivity index is 1.48. The number of imidazole rings is 1. The number of aromatic nitrogens is 3. The molecule has 0 fully saturated rings. The highest BCUT2D eigenvalue weighted by Gasteiger charge is 2.17. The molecule has 0 saturated heterocycles. The highest BCUT2D eigenvalue weighted by Crippen LogP contribution is 2.37. The Kier molecular flexibility index (Phi) is 4.87. The lowest BCUT2D eigenvalue weighted by molar-refractivity contribution is 0.307. The second-order valence-electron chi connectivity index (χ2n) is 6.71. The first-order chi connectivity index (χ1) is 15.2. The van der Waals surface area contributed by atoms with Gasteiger partial charge in [0.25, 0.3) is 5.19 Å². The number of hydrogen-bond acceptors (Lipinski definition) is 8. The minimum Gasteiger partial charge on any atom is -0.497 e. The summed E-state index contributed by atoms with van der Waals surface area (Å²) in [6.07, 6.45) is 1.81. The van der Waals surface area contributed by atoms with Crippen molar-refractivity contribution in [2.75, 3.05) is 21.3 Å². The van der Waals surface area contributed by atoms with Crippen LogP contribution in [0.4, 0.5) is 0 Å². The first kappa shape index (κ1) is 19.3. The number of nitrogens with zero attached hydrogens (tertiary/aromatic N) is 3. The second-order valence-corrected chi connectivity index (χ2v) is 7.63. The van der Waals surface area contributed by atoms with Crippen molar-refractivity contribution < 1.29 is 23.4 Å². The van der Waals surface area contributed by atoms with Crippen LogP contribution in [0.2, 0.25) is 0 Å². The van der Waals surface area contributed by atoms with Crippen molar-refractivity contribution in [2.24, 2.45) is 0 Å². The van der Waals surface area contributed by atoms with Gasteiger partial charge in [-0.15, -0.1) is 5.10 Å². The van der Waals surface area contributed by atoms with Crippen LogP contribution in [0.1, 0.15) is 5.56 Å². The summed E-state index contributed by atoms with van der Waals surface area (Å²) in [7, 11) is 4.84. The van der Waals surface area contributed by atoms with Crippen LogP contribution in [0.15, 0.2) is 53.1 Å². The molecule has 5 rings (SSSR count). The highest BCUT2D eigenvalue weighted by molar-refractivity contribution is 7.18. The minimum atomic E-state index is 0.400. The average Bonchev–Trinajstić information content (AvgIpc) is 3.50. The number of benzene rings is 2. The van der Waals surface area contributed by atoms with Crippen LogP contribution in [0, 0.1) is 0 Å². The van der Waals surface area contributed by atoms with Crippen molar-refractivity contribution in [3.8, 4) is 33.9 Å². The Hall–Kier alpha value is -3.72. The lowest BCUT2D eigenvalue weighted by Gasteiger charge is -2.09. The topological polar surface area (TPSA) is 80.2 Å². The first-order valence-corrected chi connectivity index (χ1v) is 10.3. The zero-order valence-corrected chi connectivity index (χ0v) is 17.9. The smallest absolute Gasteiger partial charge is 0.294 e. The van der Waals surface area contributed by atoms with E-state index in [2.05, 4.69) is 10.1 Å². The fourth-order valence-electron chi connectivity index (χ4n) is 3.21. The molecule has 3 heterocycles. The van der Waals surface area contributed by atoms with Crippen LogP contribution in [0.25, 0.3) is 27.4 Å². The van der Waals surface area contributed by atoms with E-state index in [4.69, 9.17) is 23.4 Å². The van der Waals surface area contributed by atoms with E-state index >= 15 is 0 Å². The molecule has 0 aliphatic heterocycles. The van der Waals surface area contributed by atoms with Gasteiger partial charge in [0.15, 0.2) is 5.76 Å². The predicted molar refractivity (Wildman–Crippen MR) is 117 cm³/mol. The van der Waals surface area contributed by atoms with Crippen molar-refractivity contribution in [3.05, 3.63) is 54.2 Å². The Bertz CT molecular complexity index is 1320. The van der Waals surface area contributed by atoms with Gasteiger partial charge in [-0.2, -0.15) is 0 Å². The van der Waals surface area contributed by atoms with E-state index in [1.165, 1.54) is 11.3 Å². The van der Waals surface area contributed by atoms with E-state index in [0.717, 1.165) is 21.7 Å². The van der Waals surface area contributed by atoms with Crippen LogP contribution < -0.4 is 18.9 Å². The van der Waals surface area contributed by atoms with Crippen LogP contribution in [0.5, 0.6) is 22.4 Å². The summed E-state index contributed by atoms with van der Waals surface area (Å²) in [5, 5.41) is 5.70. The molecule has 0 radical (unpaired) electrons. The standard InChI is InChI=1S/C22H19N3O5S/c1-26-14-6-4-13(5-7-14)12-29-18-8-15(27-2)9-19-16(18)10-20(30-19)17-11-25-21(23-17)31-22(24-25)28-3/h4-11H,12H2,1-3H3. The molecule has 0 spiro atoms. The average molecular weight is 437 g/mol. The fourth-order valence-corrected chi connectivity index (χ4v) is 3.91. The van der Waals surface area contributed by atoms with Gasteiger partial charge in [-0.05, 0) is 35.1 Å². The molecular weight excluding hydrogens is 418 g/mol. The van der Waals surface area contributed by atoms with Gasteiger partial charge in [-0.1, -0.05) is 12.1 Å². The summed E-state index contributed by atoms with van der Waals surface area (Å²) in [4.78, 5) is 5.31. The molecule has 0 bridgehead atoms. The summed E-state index contributed by atoms with van der Waals surface area (Å²) < 4.78 is 29.6. The van der Waals surface area contributed by atoms with Gasteiger partial charge in [-0.3, -0.25) is 0 Å². The van der Waals surface area contributed by atoms with Crippen molar-refractivity contribution in [1.29, 1.82) is 0 Å². The molecule has 5 aromatic rings. The Morgan fingerprint density at radius 2 is 1.77 bits per heavy atom. The van der Waals surface area contributed by atoms with E-state index < -0.39 is 0 Å². The number of furan rings is 1. The SMILES string of the molecule is COc1ccc(COc2cc(OC)cc3oc(-c4cn5nc(OC)sc5n4)cc23)cc1. The maximum Gasteiger partial charge on any atom is 0.294 e. The molecule has 0 saturated carbocycles. The minimum absolute atomic E-state index is 0.400. The van der Waals surface area contributed by atoms with Crippen LogP contribution in [-0.2, 0) is 6.61 Å². The number of hydrogen-bond donors (Lipinski definition) is 0. The zero-order valence-electron chi connectivity index (χ0n) is 17.1. The molecule has 8 nitrogen and oxygen atoms in total. The van der Waals surface area contributed by atoms with E-state index in [0.29, 0.717) is 40.3 Å². The molecule has 2 aromatic carbocycles. The van der Waals surface area contributed by atoms with Gasteiger partial charge in [0.05, 0.1) is 32.9 Å². The molecule has 9 heteroatoms. The van der Waals surface area contributed by atoms with Crippen molar-refractivity contribution in [1.82, 2.24) is 14.6 Å². The number of fused-ring (bicyclic) bond motifs is 2. The van der Waals surface area contributed by atoms with E-state index in [1.54, 1.807) is 32.0 Å². The monoisotopic (exact) mass is 437 g/mol. The first-order valence-electron chi connectivity index (χ1n) is 9.44. The summed E-state index contributed by atoms with van der Waals surface area (Å²) in [5.41, 5.74) is 2.36. The molecule has 31 heavy (non-hydrogen) atoms. The Morgan fingerprint density at radius 1 is 0.968 bits per heavy atom. The van der Waals surface area contributed by atoms with E-state index in [-0.39, 0.29) is 0 Å². The normalized spacial score (nSPS) is 11.2. The fraction of sp³-hybridized carbons (Fsp3) is 0.182. The quantitative estimate of drug-likeness (QED) is 0.361. The number of rotatable bonds is 7. The summed E-state index contributed by atoms with van der Waals surface area (Å²) in [6, 6.07) is 13.3. The third-order valence-corrected chi connectivity index (χ3v) is 5.70. The lowest BCUT2D eigenvalue weighted by Crippen LogP contribution is -1.96. The van der Waals surface area contributed by atoms with E-state index in [9.17, 15) is 0 Å². The third-order valence-electron chi connectivity index (χ3n) is 4.81. The van der Waals surface area contributed by atoms with Gasteiger partial charge in [0, 0.05) is 12.1 Å². The largest absolute Gasteiger partial charge is 0.497 e. The summed E-state index contributed by atoms with van der Waals surface area (Å²) in [6.45, 7) is 0.400. The molecule has 3 aromatic heterocycles. The third kappa shape index (κ3) is 3.64. The summed E-state index contributed by atoms with van der Waals surface area (Å²) in [5.74, 6) is 2.74. The van der Waals surface area contributed by atoms with Crippen LogP contribution in [-0.4, -0.2) is 35.9 Å². The second kappa shape index (κ2) is 7.84. The summed E-state index contributed by atoms with van der Waals surface area (Å²) >= 11 is 1.36.